The molecule has 1 aromatic rings. The molecule has 0 aliphatic heterocycles. The molecule has 1 spiro atoms. The van der Waals surface area contributed by atoms with E-state index in [1.807, 2.05) is 25.5 Å². The molecule has 2 saturated carbocycles. The van der Waals surface area contributed by atoms with Crippen LogP contribution in [0, 0.1) is 12.3 Å². The summed E-state index contributed by atoms with van der Waals surface area (Å²) in [6.07, 6.45) is 7.48. The molecule has 0 bridgehead atoms. The van der Waals surface area contributed by atoms with Crippen molar-refractivity contribution in [3.63, 3.8) is 0 Å². The second kappa shape index (κ2) is 10.4. The Morgan fingerprint density at radius 1 is 1.24 bits per heavy atom. The van der Waals surface area contributed by atoms with Crippen LogP contribution in [0.25, 0.3) is 0 Å². The van der Waals surface area contributed by atoms with Crippen LogP contribution >= 0.6 is 0 Å². The molecule has 2 fully saturated rings. The monoisotopic (exact) mass is 406 g/mol. The number of nitrogens with one attached hydrogen (secondary N) is 2. The number of aryl methyl sites for hydroxylation is 1. The summed E-state index contributed by atoms with van der Waals surface area (Å²) < 4.78 is 13.5. The van der Waals surface area contributed by atoms with E-state index in [1.165, 1.54) is 25.7 Å². The van der Waals surface area contributed by atoms with Gasteiger partial charge in [0.05, 0.1) is 6.10 Å². The highest BCUT2D eigenvalue weighted by Crippen LogP contribution is 2.54. The van der Waals surface area contributed by atoms with E-state index in [2.05, 4.69) is 27.8 Å². The van der Waals surface area contributed by atoms with Crippen molar-refractivity contribution in [3.8, 4) is 0 Å². The molecule has 2 N–H and O–H groups in total. The van der Waals surface area contributed by atoms with Crippen molar-refractivity contribution in [1.29, 1.82) is 0 Å². The Bertz CT molecular complexity index is 668. The van der Waals surface area contributed by atoms with Gasteiger partial charge in [0.15, 0.2) is 11.8 Å². The van der Waals surface area contributed by atoms with Crippen LogP contribution in [0.2, 0.25) is 0 Å². The minimum atomic E-state index is 0.269. The Balaban J connectivity index is 1.64. The number of nitrogens with zero attached hydrogens (tertiary/aromatic N) is 4. The van der Waals surface area contributed by atoms with E-state index in [0.717, 1.165) is 56.8 Å². The van der Waals surface area contributed by atoms with Gasteiger partial charge in [-0.3, -0.25) is 0 Å². The molecular formula is C21H38N6O2. The van der Waals surface area contributed by atoms with Crippen LogP contribution in [0.1, 0.15) is 64.0 Å². The molecule has 0 amide bonds. The third kappa shape index (κ3) is 5.09. The van der Waals surface area contributed by atoms with Crippen molar-refractivity contribution < 1.29 is 9.47 Å². The molecule has 2 atom stereocenters. The highest BCUT2D eigenvalue weighted by Gasteiger charge is 2.56. The molecule has 1 heterocycles. The number of aliphatic imine (C=N–C) groups is 1. The van der Waals surface area contributed by atoms with Gasteiger partial charge in [-0.1, -0.05) is 12.8 Å². The lowest BCUT2D eigenvalue weighted by Crippen LogP contribution is -2.65. The number of guanidine groups is 1. The molecule has 29 heavy (non-hydrogen) atoms. The smallest absolute Gasteiger partial charge is 0.191 e. The molecular weight excluding hydrogens is 368 g/mol. The average molecular weight is 407 g/mol. The Morgan fingerprint density at radius 3 is 2.69 bits per heavy atom. The summed E-state index contributed by atoms with van der Waals surface area (Å²) in [6, 6.07) is 0.418. The largest absolute Gasteiger partial charge is 0.382 e. The van der Waals surface area contributed by atoms with Crippen molar-refractivity contribution in [2.24, 2.45) is 17.5 Å². The lowest BCUT2D eigenvalue weighted by molar-refractivity contribution is -0.125. The molecule has 0 aromatic carbocycles. The number of ether oxygens (including phenoxy) is 2. The number of rotatable bonds is 10. The third-order valence-electron chi connectivity index (χ3n) is 6.52. The second-order valence-electron chi connectivity index (χ2n) is 8.18. The second-order valence-corrected chi connectivity index (χ2v) is 8.18. The maximum absolute atomic E-state index is 6.06. The van der Waals surface area contributed by atoms with Gasteiger partial charge in [0, 0.05) is 44.9 Å². The standard InChI is InChI=1S/C21H38N6O2/c1-5-28-13-9-12-22-20(23-15-19-26-25-16(3)27(19)4)24-17-14-18(29-6-2)21(17)10-7-8-11-21/h17-18H,5-15H2,1-4H3,(H2,22,23,24). The zero-order valence-electron chi connectivity index (χ0n) is 18.5. The van der Waals surface area contributed by atoms with Crippen LogP contribution in [0.3, 0.4) is 0 Å². The van der Waals surface area contributed by atoms with Gasteiger partial charge < -0.3 is 24.7 Å². The maximum atomic E-state index is 6.06. The van der Waals surface area contributed by atoms with Crippen molar-refractivity contribution in [1.82, 2.24) is 25.4 Å². The minimum absolute atomic E-state index is 0.269. The fourth-order valence-corrected chi connectivity index (χ4v) is 4.67. The van der Waals surface area contributed by atoms with E-state index in [4.69, 9.17) is 14.5 Å². The van der Waals surface area contributed by atoms with Crippen molar-refractivity contribution in [3.05, 3.63) is 11.6 Å². The Morgan fingerprint density at radius 2 is 2.03 bits per heavy atom. The first-order valence-corrected chi connectivity index (χ1v) is 11.2. The van der Waals surface area contributed by atoms with E-state index in [0.29, 0.717) is 18.7 Å². The normalized spacial score (nSPS) is 23.4. The number of hydrogen-bond acceptors (Lipinski definition) is 5. The quantitative estimate of drug-likeness (QED) is 0.352. The van der Waals surface area contributed by atoms with Gasteiger partial charge in [-0.05, 0) is 46.5 Å². The summed E-state index contributed by atoms with van der Waals surface area (Å²) in [5.74, 6) is 2.63. The predicted octanol–water partition coefficient (Wildman–Crippen LogP) is 2.32. The van der Waals surface area contributed by atoms with E-state index in [9.17, 15) is 0 Å². The van der Waals surface area contributed by atoms with Crippen LogP contribution < -0.4 is 10.6 Å². The first-order valence-electron chi connectivity index (χ1n) is 11.2. The van der Waals surface area contributed by atoms with Gasteiger partial charge >= 0.3 is 0 Å². The zero-order chi connectivity index (χ0) is 20.7. The highest BCUT2D eigenvalue weighted by molar-refractivity contribution is 5.80. The van der Waals surface area contributed by atoms with Crippen LogP contribution in [-0.4, -0.2) is 59.2 Å². The van der Waals surface area contributed by atoms with Gasteiger partial charge in [-0.15, -0.1) is 10.2 Å². The number of hydrogen-bond donors (Lipinski definition) is 2. The Hall–Kier alpha value is -1.67. The van der Waals surface area contributed by atoms with Gasteiger partial charge in [0.1, 0.15) is 12.4 Å². The summed E-state index contributed by atoms with van der Waals surface area (Å²) >= 11 is 0. The maximum Gasteiger partial charge on any atom is 0.191 e. The van der Waals surface area contributed by atoms with Gasteiger partial charge in [0.25, 0.3) is 0 Å². The molecule has 1 aromatic heterocycles. The topological polar surface area (TPSA) is 85.6 Å². The summed E-state index contributed by atoms with van der Waals surface area (Å²) in [5.41, 5.74) is 0.269. The minimum Gasteiger partial charge on any atom is -0.382 e. The summed E-state index contributed by atoms with van der Waals surface area (Å²) in [7, 11) is 1.98. The predicted molar refractivity (Wildman–Crippen MR) is 114 cm³/mol. The van der Waals surface area contributed by atoms with Crippen LogP contribution in [-0.2, 0) is 23.1 Å². The molecule has 2 aliphatic rings. The Kier molecular flexibility index (Phi) is 7.89. The molecule has 0 saturated heterocycles. The SMILES string of the molecule is CCOCCCNC(=NCc1nnc(C)n1C)NC1CC(OCC)C12CCCC2. The first kappa shape index (κ1) is 22.0. The number of aromatic nitrogens is 3. The van der Waals surface area contributed by atoms with Gasteiger partial charge in [-0.25, -0.2) is 4.99 Å². The zero-order valence-corrected chi connectivity index (χ0v) is 18.5. The molecule has 8 nitrogen and oxygen atoms in total. The molecule has 3 rings (SSSR count). The third-order valence-corrected chi connectivity index (χ3v) is 6.52. The fourth-order valence-electron chi connectivity index (χ4n) is 4.67. The van der Waals surface area contributed by atoms with E-state index >= 15 is 0 Å². The average Bonchev–Trinajstić information content (AvgIpc) is 3.35. The van der Waals surface area contributed by atoms with Gasteiger partial charge in [0.2, 0.25) is 0 Å². The Labute approximate surface area is 174 Å². The van der Waals surface area contributed by atoms with Crippen molar-refractivity contribution in [2.45, 2.75) is 78.0 Å². The van der Waals surface area contributed by atoms with Crippen LogP contribution in [0.4, 0.5) is 0 Å². The molecule has 164 valence electrons. The molecule has 8 heteroatoms. The lowest BCUT2D eigenvalue weighted by atomic mass is 9.60. The van der Waals surface area contributed by atoms with Gasteiger partial charge in [-0.2, -0.15) is 0 Å². The van der Waals surface area contributed by atoms with E-state index in [-0.39, 0.29) is 5.41 Å². The molecule has 2 unspecified atom stereocenters. The van der Waals surface area contributed by atoms with Crippen molar-refractivity contribution in [2.75, 3.05) is 26.4 Å². The fraction of sp³-hybridized carbons (Fsp3) is 0.857. The molecule has 2 aliphatic carbocycles. The highest BCUT2D eigenvalue weighted by atomic mass is 16.5. The van der Waals surface area contributed by atoms with E-state index in [1.54, 1.807) is 0 Å². The summed E-state index contributed by atoms with van der Waals surface area (Å²) in [4.78, 5) is 4.82. The molecule has 0 radical (unpaired) electrons. The lowest BCUT2D eigenvalue weighted by Gasteiger charge is -2.54. The van der Waals surface area contributed by atoms with Crippen LogP contribution in [0.5, 0.6) is 0 Å². The summed E-state index contributed by atoms with van der Waals surface area (Å²) in [5, 5.41) is 15.6. The summed E-state index contributed by atoms with van der Waals surface area (Å²) in [6.45, 7) is 9.73. The first-order chi connectivity index (χ1) is 14.1. The van der Waals surface area contributed by atoms with Crippen molar-refractivity contribution >= 4 is 5.96 Å². The van der Waals surface area contributed by atoms with Crippen LogP contribution in [0.15, 0.2) is 4.99 Å². The van der Waals surface area contributed by atoms with E-state index < -0.39 is 0 Å².